The maximum atomic E-state index is 11.3. The van der Waals surface area contributed by atoms with Crippen molar-refractivity contribution in [2.45, 2.75) is 6.92 Å². The van der Waals surface area contributed by atoms with Crippen LogP contribution in [0.25, 0.3) is 0 Å². The fourth-order valence-corrected chi connectivity index (χ4v) is 2.57. The molecule has 0 atom stereocenters. The molecule has 0 amide bonds. The van der Waals surface area contributed by atoms with Crippen molar-refractivity contribution in [3.8, 4) is 23.0 Å². The molecule has 0 saturated heterocycles. The molecule has 32 heavy (non-hydrogen) atoms. The van der Waals surface area contributed by atoms with Gasteiger partial charge in [0.05, 0.1) is 39.6 Å². The highest BCUT2D eigenvalue weighted by Gasteiger charge is 2.20. The molecule has 0 radical (unpaired) electrons. The molecule has 2 rings (SSSR count). The predicted molar refractivity (Wildman–Crippen MR) is 112 cm³/mol. The minimum atomic E-state index is -1.59. The summed E-state index contributed by atoms with van der Waals surface area (Å²) in [5.41, 5.74) is 0.771. The maximum absolute atomic E-state index is 11.3. The SMILES string of the molecule is COc1cc(C(=O)C(=O)O)cc(OC)c1C=O.COc1cc(C(C)=O)cc(OC)c1C=O. The molecule has 2 aromatic carbocycles. The molecule has 0 aliphatic rings. The van der Waals surface area contributed by atoms with Gasteiger partial charge in [0.2, 0.25) is 0 Å². The van der Waals surface area contributed by atoms with Gasteiger partial charge in [-0.2, -0.15) is 0 Å². The minimum absolute atomic E-state index is 0.0870. The molecule has 10 nitrogen and oxygen atoms in total. The largest absolute Gasteiger partial charge is 0.496 e. The Morgan fingerprint density at radius 3 is 1.22 bits per heavy atom. The average Bonchev–Trinajstić information content (AvgIpc) is 2.81. The zero-order chi connectivity index (χ0) is 24.4. The van der Waals surface area contributed by atoms with Crippen LogP contribution in [0.3, 0.4) is 0 Å². The second kappa shape index (κ2) is 11.8. The highest BCUT2D eigenvalue weighted by Crippen LogP contribution is 2.30. The lowest BCUT2D eigenvalue weighted by molar-refractivity contribution is -0.131. The number of carbonyl (C=O) groups is 5. The zero-order valence-corrected chi connectivity index (χ0v) is 18.1. The lowest BCUT2D eigenvalue weighted by Crippen LogP contribution is -2.13. The molecule has 0 spiro atoms. The molecular formula is C22H22O10. The predicted octanol–water partition coefficient (Wildman–Crippen LogP) is 2.50. The molecule has 0 unspecified atom stereocenters. The number of carbonyl (C=O) groups excluding carboxylic acids is 4. The second-order valence-corrected chi connectivity index (χ2v) is 6.02. The van der Waals surface area contributed by atoms with Gasteiger partial charge >= 0.3 is 5.97 Å². The number of hydrogen-bond donors (Lipinski definition) is 1. The van der Waals surface area contributed by atoms with Crippen LogP contribution in [0, 0.1) is 0 Å². The number of aliphatic carboxylic acids is 1. The number of hydrogen-bond acceptors (Lipinski definition) is 9. The van der Waals surface area contributed by atoms with Gasteiger partial charge < -0.3 is 24.1 Å². The molecule has 0 fully saturated rings. The lowest BCUT2D eigenvalue weighted by Gasteiger charge is -2.10. The topological polar surface area (TPSA) is 143 Å². The summed E-state index contributed by atoms with van der Waals surface area (Å²) >= 11 is 0. The molecule has 2 aromatic rings. The molecular weight excluding hydrogens is 424 g/mol. The van der Waals surface area contributed by atoms with Crippen LogP contribution < -0.4 is 18.9 Å². The van der Waals surface area contributed by atoms with E-state index in [0.717, 1.165) is 0 Å². The van der Waals surface area contributed by atoms with E-state index in [4.69, 9.17) is 24.1 Å². The first-order valence-corrected chi connectivity index (χ1v) is 8.89. The Hall–Kier alpha value is -4.21. The molecule has 0 aliphatic carbocycles. The minimum Gasteiger partial charge on any atom is -0.496 e. The van der Waals surface area contributed by atoms with Crippen molar-refractivity contribution in [1.82, 2.24) is 0 Å². The van der Waals surface area contributed by atoms with E-state index in [1.165, 1.54) is 59.6 Å². The van der Waals surface area contributed by atoms with Crippen LogP contribution in [0.15, 0.2) is 24.3 Å². The Morgan fingerprint density at radius 1 is 0.688 bits per heavy atom. The van der Waals surface area contributed by atoms with Crippen LogP contribution in [0.5, 0.6) is 23.0 Å². The van der Waals surface area contributed by atoms with Crippen molar-refractivity contribution in [2.75, 3.05) is 28.4 Å². The standard InChI is InChI=1S/C11H10O6.C11H12O4/c1-16-8-3-6(10(13)11(14)15)4-9(17-2)7(8)5-12;1-7(13)8-4-10(14-2)9(6-12)11(5-8)15-3/h3-5H,1-2H3,(H,14,15);4-6H,1-3H3. The third-order valence-electron chi connectivity index (χ3n) is 4.19. The molecule has 10 heteroatoms. The molecule has 0 aromatic heterocycles. The fraction of sp³-hybridized carbons (Fsp3) is 0.227. The smallest absolute Gasteiger partial charge is 0.377 e. The molecule has 170 valence electrons. The molecule has 0 saturated carbocycles. The second-order valence-electron chi connectivity index (χ2n) is 6.02. The summed E-state index contributed by atoms with van der Waals surface area (Å²) < 4.78 is 19.8. The van der Waals surface area contributed by atoms with Gasteiger partial charge in [0.1, 0.15) is 23.0 Å². The summed E-state index contributed by atoms with van der Waals surface area (Å²) in [7, 11) is 5.48. The Bertz CT molecular complexity index is 989. The number of benzene rings is 2. The van der Waals surface area contributed by atoms with Gasteiger partial charge in [0, 0.05) is 11.1 Å². The first kappa shape index (κ1) is 25.8. The van der Waals surface area contributed by atoms with Crippen molar-refractivity contribution in [3.05, 3.63) is 46.5 Å². The first-order chi connectivity index (χ1) is 15.2. The van der Waals surface area contributed by atoms with Crippen molar-refractivity contribution >= 4 is 30.1 Å². The highest BCUT2D eigenvalue weighted by molar-refractivity contribution is 6.40. The summed E-state index contributed by atoms with van der Waals surface area (Å²) in [6, 6.07) is 5.41. The first-order valence-electron chi connectivity index (χ1n) is 8.89. The number of aldehydes is 2. The Balaban J connectivity index is 0.000000323. The normalized spacial score (nSPS) is 9.53. The molecule has 0 aliphatic heterocycles. The van der Waals surface area contributed by atoms with E-state index < -0.39 is 11.8 Å². The van der Waals surface area contributed by atoms with Gasteiger partial charge in [0.15, 0.2) is 18.4 Å². The van der Waals surface area contributed by atoms with Gasteiger partial charge in [-0.25, -0.2) is 4.79 Å². The Kier molecular flexibility index (Phi) is 9.56. The Morgan fingerprint density at radius 2 is 1.00 bits per heavy atom. The fourth-order valence-electron chi connectivity index (χ4n) is 2.57. The van der Waals surface area contributed by atoms with E-state index in [9.17, 15) is 24.0 Å². The van der Waals surface area contributed by atoms with Crippen LogP contribution in [0.4, 0.5) is 0 Å². The summed E-state index contributed by atoms with van der Waals surface area (Å²) in [5.74, 6) is -1.94. The van der Waals surface area contributed by atoms with Crippen LogP contribution in [0.1, 0.15) is 48.4 Å². The average molecular weight is 446 g/mol. The van der Waals surface area contributed by atoms with Crippen molar-refractivity contribution in [2.24, 2.45) is 0 Å². The number of ether oxygens (including phenoxy) is 4. The van der Waals surface area contributed by atoms with Crippen LogP contribution in [0.2, 0.25) is 0 Å². The third kappa shape index (κ3) is 5.91. The number of carboxylic acid groups (broad SMARTS) is 1. The number of ketones is 2. The van der Waals surface area contributed by atoms with E-state index in [-0.39, 0.29) is 28.4 Å². The monoisotopic (exact) mass is 446 g/mol. The van der Waals surface area contributed by atoms with Crippen molar-refractivity contribution < 1.29 is 48.0 Å². The van der Waals surface area contributed by atoms with Gasteiger partial charge in [-0.05, 0) is 31.2 Å². The number of carboxylic acids is 1. The van der Waals surface area contributed by atoms with Gasteiger partial charge in [-0.1, -0.05) is 0 Å². The van der Waals surface area contributed by atoms with E-state index in [0.29, 0.717) is 35.2 Å². The quantitative estimate of drug-likeness (QED) is 0.347. The zero-order valence-electron chi connectivity index (χ0n) is 18.1. The van der Waals surface area contributed by atoms with Crippen LogP contribution in [-0.2, 0) is 4.79 Å². The summed E-state index contributed by atoms with van der Waals surface area (Å²) in [4.78, 5) is 54.6. The molecule has 1 N–H and O–H groups in total. The summed E-state index contributed by atoms with van der Waals surface area (Å²) in [6.07, 6.45) is 1.15. The van der Waals surface area contributed by atoms with Crippen LogP contribution in [-0.4, -0.2) is 63.7 Å². The van der Waals surface area contributed by atoms with E-state index in [2.05, 4.69) is 0 Å². The number of rotatable bonds is 9. The van der Waals surface area contributed by atoms with Crippen molar-refractivity contribution in [1.29, 1.82) is 0 Å². The number of methoxy groups -OCH3 is 4. The van der Waals surface area contributed by atoms with E-state index >= 15 is 0 Å². The van der Waals surface area contributed by atoms with Gasteiger partial charge in [-0.3, -0.25) is 19.2 Å². The third-order valence-corrected chi connectivity index (χ3v) is 4.19. The highest BCUT2D eigenvalue weighted by atomic mass is 16.5. The molecule has 0 bridgehead atoms. The number of Topliss-reactive ketones (excluding diaryl/α,β-unsaturated/α-hetero) is 2. The van der Waals surface area contributed by atoms with Crippen molar-refractivity contribution in [3.63, 3.8) is 0 Å². The molecule has 0 heterocycles. The van der Waals surface area contributed by atoms with Gasteiger partial charge in [0.25, 0.3) is 5.78 Å². The van der Waals surface area contributed by atoms with Crippen LogP contribution >= 0.6 is 0 Å². The van der Waals surface area contributed by atoms with Gasteiger partial charge in [-0.15, -0.1) is 0 Å². The summed E-state index contributed by atoms with van der Waals surface area (Å²) in [5, 5.41) is 8.59. The Labute approximate surface area is 183 Å². The van der Waals surface area contributed by atoms with E-state index in [1.54, 1.807) is 0 Å². The maximum Gasteiger partial charge on any atom is 0.377 e. The lowest BCUT2D eigenvalue weighted by atomic mass is 10.1. The van der Waals surface area contributed by atoms with E-state index in [1.807, 2.05) is 0 Å². The summed E-state index contributed by atoms with van der Waals surface area (Å²) in [6.45, 7) is 1.44.